The summed E-state index contributed by atoms with van der Waals surface area (Å²) in [5, 5.41) is 2.87. The maximum Gasteiger partial charge on any atom is 0.291 e. The summed E-state index contributed by atoms with van der Waals surface area (Å²) in [6, 6.07) is 7.47. The van der Waals surface area contributed by atoms with Crippen molar-refractivity contribution in [2.45, 2.75) is 32.1 Å². The Morgan fingerprint density at radius 3 is 2.87 bits per heavy atom. The van der Waals surface area contributed by atoms with E-state index in [4.69, 9.17) is 4.42 Å². The summed E-state index contributed by atoms with van der Waals surface area (Å²) >= 11 is 3.24. The molecule has 1 aromatic carbocycles. The second-order valence-electron chi connectivity index (χ2n) is 6.00. The second kappa shape index (κ2) is 5.53. The van der Waals surface area contributed by atoms with Gasteiger partial charge in [-0.15, -0.1) is 0 Å². The molecule has 6 heteroatoms. The molecule has 2 aromatic heterocycles. The zero-order chi connectivity index (χ0) is 16.0. The van der Waals surface area contributed by atoms with Crippen molar-refractivity contribution in [3.63, 3.8) is 0 Å². The van der Waals surface area contributed by atoms with Crippen LogP contribution in [0.25, 0.3) is 11.0 Å². The van der Waals surface area contributed by atoms with E-state index in [0.29, 0.717) is 16.3 Å². The summed E-state index contributed by atoms with van der Waals surface area (Å²) in [5.41, 5.74) is 3.39. The van der Waals surface area contributed by atoms with Crippen molar-refractivity contribution in [2.75, 3.05) is 5.32 Å². The van der Waals surface area contributed by atoms with Crippen molar-refractivity contribution in [1.29, 1.82) is 0 Å². The van der Waals surface area contributed by atoms with E-state index in [1.807, 2.05) is 25.1 Å². The van der Waals surface area contributed by atoms with E-state index in [1.165, 1.54) is 19.3 Å². The zero-order valence-corrected chi connectivity index (χ0v) is 14.2. The highest BCUT2D eigenvalue weighted by molar-refractivity contribution is 9.10. The number of amides is 1. The van der Waals surface area contributed by atoms with Gasteiger partial charge in [0.1, 0.15) is 5.82 Å². The molecular weight excluding hydrogens is 358 g/mol. The first-order valence-corrected chi connectivity index (χ1v) is 8.46. The van der Waals surface area contributed by atoms with Gasteiger partial charge in [-0.25, -0.2) is 4.98 Å². The molecule has 0 saturated heterocycles. The van der Waals surface area contributed by atoms with Crippen LogP contribution in [-0.4, -0.2) is 15.9 Å². The average Bonchev–Trinajstić information content (AvgIpc) is 2.99. The molecule has 1 aliphatic rings. The van der Waals surface area contributed by atoms with E-state index in [0.717, 1.165) is 28.1 Å². The first kappa shape index (κ1) is 14.5. The number of hydrogen-bond acceptors (Lipinski definition) is 3. The summed E-state index contributed by atoms with van der Waals surface area (Å²) in [6.45, 7) is 1.84. The number of hydrogen-bond donors (Lipinski definition) is 2. The quantitative estimate of drug-likeness (QED) is 0.695. The molecule has 0 spiro atoms. The third kappa shape index (κ3) is 2.67. The molecule has 23 heavy (non-hydrogen) atoms. The third-order valence-electron chi connectivity index (χ3n) is 4.34. The first-order valence-electron chi connectivity index (χ1n) is 7.67. The van der Waals surface area contributed by atoms with Crippen molar-refractivity contribution >= 4 is 38.6 Å². The lowest BCUT2D eigenvalue weighted by Gasteiger charge is -2.22. The number of imidazole rings is 1. The summed E-state index contributed by atoms with van der Waals surface area (Å²) < 4.78 is 5.93. The van der Waals surface area contributed by atoms with Crippen LogP contribution in [0.1, 0.15) is 47.1 Å². The molecule has 0 aliphatic heterocycles. The lowest BCUT2D eigenvalue weighted by atomic mass is 9.85. The number of carbonyl (C=O) groups excluding carboxylic acids is 1. The Kier molecular flexibility index (Phi) is 3.49. The Labute approximate surface area is 141 Å². The lowest BCUT2D eigenvalue weighted by molar-refractivity contribution is 0.0994. The lowest BCUT2D eigenvalue weighted by Crippen LogP contribution is -2.11. The van der Waals surface area contributed by atoms with Crippen molar-refractivity contribution in [3.05, 3.63) is 46.1 Å². The number of nitrogens with one attached hydrogen (secondary N) is 2. The van der Waals surface area contributed by atoms with Gasteiger partial charge >= 0.3 is 0 Å². The highest BCUT2D eigenvalue weighted by atomic mass is 79.9. The number of aromatic nitrogens is 2. The van der Waals surface area contributed by atoms with Crippen LogP contribution >= 0.6 is 15.9 Å². The fraction of sp³-hybridized carbons (Fsp3) is 0.294. The van der Waals surface area contributed by atoms with Gasteiger partial charge in [-0.2, -0.15) is 0 Å². The third-order valence-corrected chi connectivity index (χ3v) is 4.73. The fourth-order valence-electron chi connectivity index (χ4n) is 2.84. The largest absolute Gasteiger partial charge is 0.444 e. The van der Waals surface area contributed by atoms with Gasteiger partial charge < -0.3 is 14.7 Å². The predicted octanol–water partition coefficient (Wildman–Crippen LogP) is 4.75. The van der Waals surface area contributed by atoms with Crippen LogP contribution in [0.4, 0.5) is 5.69 Å². The van der Waals surface area contributed by atoms with Crippen LogP contribution in [0.3, 0.4) is 0 Å². The number of rotatable bonds is 3. The minimum atomic E-state index is -0.258. The number of fused-ring (bicyclic) bond motifs is 1. The molecule has 118 valence electrons. The topological polar surface area (TPSA) is 70.9 Å². The van der Waals surface area contributed by atoms with Gasteiger partial charge in [-0.05, 0) is 60.0 Å². The number of furan rings is 1. The molecule has 2 heterocycles. The van der Waals surface area contributed by atoms with E-state index in [9.17, 15) is 4.79 Å². The molecule has 2 N–H and O–H groups in total. The maximum atomic E-state index is 12.3. The number of H-pyrrole nitrogens is 1. The van der Waals surface area contributed by atoms with Gasteiger partial charge in [-0.1, -0.05) is 6.42 Å². The molecule has 3 aromatic rings. The van der Waals surface area contributed by atoms with Crippen LogP contribution in [-0.2, 0) is 0 Å². The van der Waals surface area contributed by atoms with Gasteiger partial charge in [0.05, 0.1) is 11.0 Å². The number of benzene rings is 1. The molecule has 1 fully saturated rings. The van der Waals surface area contributed by atoms with Crippen LogP contribution < -0.4 is 5.32 Å². The van der Waals surface area contributed by atoms with Crippen LogP contribution in [0.15, 0.2) is 33.4 Å². The van der Waals surface area contributed by atoms with Crippen molar-refractivity contribution in [2.24, 2.45) is 0 Å². The molecule has 0 atom stereocenters. The highest BCUT2D eigenvalue weighted by Crippen LogP contribution is 2.35. The Hall–Kier alpha value is -2.08. The molecule has 1 saturated carbocycles. The average molecular weight is 374 g/mol. The van der Waals surface area contributed by atoms with Gasteiger partial charge in [0.25, 0.3) is 5.91 Å². The normalized spacial score (nSPS) is 14.9. The highest BCUT2D eigenvalue weighted by Gasteiger charge is 2.22. The molecule has 1 amide bonds. The van der Waals surface area contributed by atoms with Crippen LogP contribution in [0, 0.1) is 6.92 Å². The van der Waals surface area contributed by atoms with E-state index in [-0.39, 0.29) is 5.91 Å². The van der Waals surface area contributed by atoms with Gasteiger partial charge in [0.15, 0.2) is 10.4 Å². The Bertz CT molecular complexity index is 893. The van der Waals surface area contributed by atoms with Crippen LogP contribution in [0.2, 0.25) is 0 Å². The minimum Gasteiger partial charge on any atom is -0.444 e. The number of halogens is 1. The molecule has 1 aliphatic carbocycles. The Morgan fingerprint density at radius 2 is 2.22 bits per heavy atom. The number of aryl methyl sites for hydroxylation is 1. The van der Waals surface area contributed by atoms with Gasteiger partial charge in [0, 0.05) is 17.2 Å². The summed E-state index contributed by atoms with van der Waals surface area (Å²) in [4.78, 5) is 20.3. The Balaban J connectivity index is 1.58. The standard InChI is InChI=1S/C17H16BrN3O2/c1-9-7-14(18)23-15(9)17(22)19-11-5-6-12-13(8-11)21-16(20-12)10-3-2-4-10/h5-8,10H,2-4H2,1H3,(H,19,22)(H,20,21). The fourth-order valence-corrected chi connectivity index (χ4v) is 3.34. The first-order chi connectivity index (χ1) is 11.1. The Morgan fingerprint density at radius 1 is 1.39 bits per heavy atom. The van der Waals surface area contributed by atoms with Crippen LogP contribution in [0.5, 0.6) is 0 Å². The minimum absolute atomic E-state index is 0.258. The molecule has 5 nitrogen and oxygen atoms in total. The number of anilines is 1. The second-order valence-corrected chi connectivity index (χ2v) is 6.78. The SMILES string of the molecule is Cc1cc(Br)oc1C(=O)Nc1ccc2nc(C3CCC3)[nH]c2c1. The van der Waals surface area contributed by atoms with Crippen molar-refractivity contribution < 1.29 is 9.21 Å². The summed E-state index contributed by atoms with van der Waals surface area (Å²) in [6.07, 6.45) is 3.69. The van der Waals surface area contributed by atoms with Crippen molar-refractivity contribution in [1.82, 2.24) is 9.97 Å². The molecule has 0 bridgehead atoms. The zero-order valence-electron chi connectivity index (χ0n) is 12.6. The van der Waals surface area contributed by atoms with E-state index in [1.54, 1.807) is 6.07 Å². The predicted molar refractivity (Wildman–Crippen MR) is 91.8 cm³/mol. The number of carbonyl (C=O) groups is 1. The van der Waals surface area contributed by atoms with E-state index < -0.39 is 0 Å². The number of nitrogens with zero attached hydrogens (tertiary/aromatic N) is 1. The number of aromatic amines is 1. The monoisotopic (exact) mass is 373 g/mol. The van der Waals surface area contributed by atoms with Gasteiger partial charge in [-0.3, -0.25) is 4.79 Å². The maximum absolute atomic E-state index is 12.3. The molecule has 0 unspecified atom stereocenters. The summed E-state index contributed by atoms with van der Waals surface area (Å²) in [5.74, 6) is 1.67. The summed E-state index contributed by atoms with van der Waals surface area (Å²) in [7, 11) is 0. The molecule has 4 rings (SSSR count). The smallest absolute Gasteiger partial charge is 0.291 e. The molecule has 0 radical (unpaired) electrons. The van der Waals surface area contributed by atoms with E-state index in [2.05, 4.69) is 31.2 Å². The van der Waals surface area contributed by atoms with E-state index >= 15 is 0 Å². The van der Waals surface area contributed by atoms with Crippen molar-refractivity contribution in [3.8, 4) is 0 Å². The molecular formula is C17H16BrN3O2. The van der Waals surface area contributed by atoms with Gasteiger partial charge in [0.2, 0.25) is 0 Å².